The Balaban J connectivity index is 1.29. The summed E-state index contributed by atoms with van der Waals surface area (Å²) in [5, 5.41) is 8.94. The van der Waals surface area contributed by atoms with Crippen molar-refractivity contribution in [2.45, 2.75) is 153 Å². The highest BCUT2D eigenvalue weighted by atomic mass is 32.2. The van der Waals surface area contributed by atoms with Crippen LogP contribution < -0.4 is 10.6 Å². The van der Waals surface area contributed by atoms with Crippen LogP contribution in [0, 0.1) is 10.8 Å². The van der Waals surface area contributed by atoms with Crippen LogP contribution >= 0.6 is 24.0 Å². The molecule has 2 unspecified atom stereocenters. The van der Waals surface area contributed by atoms with Gasteiger partial charge in [-0.2, -0.15) is 0 Å². The summed E-state index contributed by atoms with van der Waals surface area (Å²) in [5.74, 6) is 0. The van der Waals surface area contributed by atoms with E-state index in [9.17, 15) is 0 Å². The molecule has 0 aromatic carbocycles. The summed E-state index contributed by atoms with van der Waals surface area (Å²) >= 11 is 7.93. The number of hydrogen-bond donors (Lipinski definition) is 2. The van der Waals surface area contributed by atoms with Gasteiger partial charge in [0, 0.05) is 45.7 Å². The van der Waals surface area contributed by atoms with Crippen molar-refractivity contribution >= 4 is 29.0 Å². The number of hydrogen-bond acceptors (Lipinski definition) is 6. The van der Waals surface area contributed by atoms with Gasteiger partial charge in [-0.3, -0.25) is 0 Å². The maximum absolute atomic E-state index is 6.66. The van der Waals surface area contributed by atoms with Gasteiger partial charge in [0.05, 0.1) is 6.10 Å². The van der Waals surface area contributed by atoms with E-state index in [1.807, 2.05) is 11.8 Å². The van der Waals surface area contributed by atoms with Crippen molar-refractivity contribution in [2.24, 2.45) is 10.8 Å². The minimum atomic E-state index is 0.00961. The van der Waals surface area contributed by atoms with Crippen molar-refractivity contribution in [3.05, 3.63) is 0 Å². The Labute approximate surface area is 212 Å². The summed E-state index contributed by atoms with van der Waals surface area (Å²) in [5.41, 5.74) is 1.05. The van der Waals surface area contributed by atoms with E-state index >= 15 is 0 Å². The predicted octanol–water partition coefficient (Wildman–Crippen LogP) is 6.21. The summed E-state index contributed by atoms with van der Waals surface area (Å²) in [6, 6.07) is 0. The fourth-order valence-corrected chi connectivity index (χ4v) is 9.48. The highest BCUT2D eigenvalue weighted by molar-refractivity contribution is 8.07. The molecular weight excluding hydrogens is 448 g/mol. The molecule has 4 fully saturated rings. The Morgan fingerprint density at radius 1 is 0.727 bits per heavy atom. The zero-order valence-electron chi connectivity index (χ0n) is 22.7. The summed E-state index contributed by atoms with van der Waals surface area (Å²) < 4.78 is 13.2. The van der Waals surface area contributed by atoms with Crippen LogP contribution in [0.2, 0.25) is 0 Å². The van der Waals surface area contributed by atoms with E-state index in [1.54, 1.807) is 0 Å². The lowest BCUT2D eigenvalue weighted by molar-refractivity contribution is -0.0494. The first kappa shape index (κ1) is 26.2. The second-order valence-electron chi connectivity index (χ2n) is 14.9. The Hall–Kier alpha value is 0.120. The lowest BCUT2D eigenvalue weighted by atomic mass is 9.53. The Morgan fingerprint density at radius 2 is 1.15 bits per heavy atom. The second kappa shape index (κ2) is 8.06. The van der Waals surface area contributed by atoms with Gasteiger partial charge in [-0.05, 0) is 98.7 Å². The van der Waals surface area contributed by atoms with Crippen LogP contribution in [0.5, 0.6) is 0 Å². The molecule has 0 radical (unpaired) electrons. The summed E-state index contributed by atoms with van der Waals surface area (Å²) in [6.07, 6.45) is 6.91. The van der Waals surface area contributed by atoms with Gasteiger partial charge in [0.15, 0.2) is 5.05 Å². The van der Waals surface area contributed by atoms with E-state index in [0.717, 1.165) is 43.6 Å². The fourth-order valence-electron chi connectivity index (χ4n) is 7.89. The third-order valence-electron chi connectivity index (χ3n) is 8.12. The zero-order chi connectivity index (χ0) is 24.7. The molecule has 2 N–H and O–H groups in total. The van der Waals surface area contributed by atoms with Gasteiger partial charge in [-0.15, -0.1) is 11.8 Å². The molecular formula is C27H48N2O2S2. The molecule has 190 valence electrons. The number of nitrogens with one attached hydrogen (secondary N) is 2. The molecule has 4 nitrogen and oxygen atoms in total. The summed E-state index contributed by atoms with van der Waals surface area (Å²) in [6.45, 7) is 23.0. The maximum atomic E-state index is 6.66. The van der Waals surface area contributed by atoms with Gasteiger partial charge in [0.25, 0.3) is 0 Å². The normalized spacial score (nSPS) is 41.8. The van der Waals surface area contributed by atoms with E-state index in [-0.39, 0.29) is 33.7 Å². The Bertz CT molecular complexity index is 753. The predicted molar refractivity (Wildman–Crippen MR) is 144 cm³/mol. The Morgan fingerprint density at radius 3 is 1.61 bits per heavy atom. The molecule has 0 aromatic heterocycles. The molecule has 6 heteroatoms. The lowest BCUT2D eigenvalue weighted by Gasteiger charge is -2.54. The minimum absolute atomic E-state index is 0.00961. The quantitative estimate of drug-likeness (QED) is 0.348. The highest BCUT2D eigenvalue weighted by Gasteiger charge is 2.63. The standard InChI is InChI=1S/C27H48N2O2S2/c1-22(2)11-17(12-23(3,4)28-22)30-20-19(33-20)26(9)15-27(10,16-26)21(32)31-18-13-24(5,6)29-25(7,8)14-18/h17-20,28-29H,11-16H2,1-10H3. The third kappa shape index (κ3) is 5.93. The van der Waals surface area contributed by atoms with E-state index < -0.39 is 0 Å². The smallest absolute Gasteiger partial charge is 0.166 e. The summed E-state index contributed by atoms with van der Waals surface area (Å²) in [4.78, 5) is 0. The molecule has 0 bridgehead atoms. The second-order valence-corrected chi connectivity index (χ2v) is 16.5. The van der Waals surface area contributed by atoms with Gasteiger partial charge in [-0.1, -0.05) is 13.8 Å². The maximum Gasteiger partial charge on any atom is 0.166 e. The molecule has 0 amide bonds. The topological polar surface area (TPSA) is 42.5 Å². The van der Waals surface area contributed by atoms with E-state index in [1.165, 1.54) is 0 Å². The number of piperidine rings is 2. The number of ether oxygens (including phenoxy) is 2. The molecule has 1 aliphatic carbocycles. The molecule has 4 rings (SSSR count). The lowest BCUT2D eigenvalue weighted by Crippen LogP contribution is -2.60. The third-order valence-corrected chi connectivity index (χ3v) is 10.2. The van der Waals surface area contributed by atoms with Crippen LogP contribution in [0.4, 0.5) is 0 Å². The molecule has 33 heavy (non-hydrogen) atoms. The van der Waals surface area contributed by atoms with Crippen molar-refractivity contribution < 1.29 is 9.47 Å². The van der Waals surface area contributed by atoms with E-state index in [2.05, 4.69) is 79.9 Å². The molecule has 1 saturated carbocycles. The first-order valence-electron chi connectivity index (χ1n) is 12.9. The molecule has 4 aliphatic rings. The van der Waals surface area contributed by atoms with Crippen molar-refractivity contribution in [3.8, 4) is 0 Å². The minimum Gasteiger partial charge on any atom is -0.483 e. The van der Waals surface area contributed by atoms with Gasteiger partial charge in [-0.25, -0.2) is 0 Å². The largest absolute Gasteiger partial charge is 0.483 e. The number of rotatable bonds is 5. The first-order chi connectivity index (χ1) is 14.8. The van der Waals surface area contributed by atoms with Crippen LogP contribution in [0.3, 0.4) is 0 Å². The monoisotopic (exact) mass is 496 g/mol. The molecule has 0 spiro atoms. The number of thioether (sulfide) groups is 1. The van der Waals surface area contributed by atoms with Crippen LogP contribution in [0.25, 0.3) is 0 Å². The van der Waals surface area contributed by atoms with E-state index in [4.69, 9.17) is 21.7 Å². The average Bonchev–Trinajstić information content (AvgIpc) is 3.26. The highest BCUT2D eigenvalue weighted by Crippen LogP contribution is 2.67. The van der Waals surface area contributed by atoms with Crippen molar-refractivity contribution in [1.29, 1.82) is 0 Å². The molecule has 0 aromatic rings. The van der Waals surface area contributed by atoms with Crippen LogP contribution in [-0.2, 0) is 9.47 Å². The number of thiocarbonyl (C=S) groups is 1. The SMILES string of the molecule is CC1(C)CC(OC(=S)C2(C)CC(C)(C3SC3OC3CC(C)(C)NC(C)(C)C3)C2)CC(C)(C)N1. The van der Waals surface area contributed by atoms with Crippen LogP contribution in [0.15, 0.2) is 0 Å². The summed E-state index contributed by atoms with van der Waals surface area (Å²) in [7, 11) is 0. The fraction of sp³-hybridized carbons (Fsp3) is 0.963. The van der Waals surface area contributed by atoms with Crippen LogP contribution in [0.1, 0.15) is 108 Å². The average molecular weight is 497 g/mol. The van der Waals surface area contributed by atoms with Crippen molar-refractivity contribution in [1.82, 2.24) is 10.6 Å². The Kier molecular flexibility index (Phi) is 6.40. The van der Waals surface area contributed by atoms with E-state index in [0.29, 0.717) is 22.2 Å². The van der Waals surface area contributed by atoms with Crippen molar-refractivity contribution in [2.75, 3.05) is 0 Å². The van der Waals surface area contributed by atoms with Gasteiger partial charge in [0.2, 0.25) is 0 Å². The molecule has 3 heterocycles. The van der Waals surface area contributed by atoms with Crippen molar-refractivity contribution in [3.63, 3.8) is 0 Å². The van der Waals surface area contributed by atoms with Gasteiger partial charge < -0.3 is 20.1 Å². The molecule has 3 saturated heterocycles. The van der Waals surface area contributed by atoms with Gasteiger partial charge in [0.1, 0.15) is 11.5 Å². The van der Waals surface area contributed by atoms with Gasteiger partial charge >= 0.3 is 0 Å². The molecule has 2 atom stereocenters. The van der Waals surface area contributed by atoms with Crippen LogP contribution in [-0.4, -0.2) is 50.1 Å². The molecule has 3 aliphatic heterocycles. The first-order valence-corrected chi connectivity index (χ1v) is 14.3. The zero-order valence-corrected chi connectivity index (χ0v) is 24.3.